The highest BCUT2D eigenvalue weighted by Crippen LogP contribution is 2.14. The molecule has 3 N–H and O–H groups in total. The maximum absolute atomic E-state index is 11.2. The fraction of sp³-hybridized carbons (Fsp3) is 0.500. The molecule has 0 saturated heterocycles. The lowest BCUT2D eigenvalue weighted by Gasteiger charge is -2.08. The van der Waals surface area contributed by atoms with Crippen molar-refractivity contribution in [3.8, 4) is 0 Å². The number of anilines is 2. The summed E-state index contributed by atoms with van der Waals surface area (Å²) in [5.74, 6) is 2.01. The third kappa shape index (κ3) is 3.87. The monoisotopic (exact) mass is 227 g/mol. The molecule has 0 bridgehead atoms. The van der Waals surface area contributed by atoms with Crippen molar-refractivity contribution >= 4 is 22.3 Å². The summed E-state index contributed by atoms with van der Waals surface area (Å²) in [4.78, 5) is 4.26. The van der Waals surface area contributed by atoms with E-state index in [1.165, 1.54) is 0 Å². The number of nitrogens with zero attached hydrogens (tertiary/aromatic N) is 1. The Morgan fingerprint density at radius 1 is 1.53 bits per heavy atom. The van der Waals surface area contributed by atoms with Gasteiger partial charge in [-0.1, -0.05) is 6.92 Å². The summed E-state index contributed by atoms with van der Waals surface area (Å²) in [7, 11) is -0.744. The van der Waals surface area contributed by atoms with Crippen molar-refractivity contribution in [2.24, 2.45) is 0 Å². The lowest BCUT2D eigenvalue weighted by molar-refractivity contribution is 0.684. The van der Waals surface area contributed by atoms with Crippen molar-refractivity contribution in [3.05, 3.63) is 17.8 Å². The largest absolute Gasteiger partial charge is 0.396 e. The zero-order valence-corrected chi connectivity index (χ0v) is 9.93. The number of aryl methyl sites for hydroxylation is 1. The molecule has 0 spiro atoms. The lowest BCUT2D eigenvalue weighted by atomic mass is 10.3. The number of nitrogens with one attached hydrogen (secondary N) is 1. The predicted molar refractivity (Wildman–Crippen MR) is 65.4 cm³/mol. The van der Waals surface area contributed by atoms with Crippen LogP contribution >= 0.6 is 0 Å². The molecule has 84 valence electrons. The topological polar surface area (TPSA) is 68.0 Å². The number of nitrogen functional groups attached to an aromatic ring is 1. The second-order valence-corrected chi connectivity index (χ2v) is 5.12. The Hall–Kier alpha value is -1.10. The molecule has 1 aromatic rings. The van der Waals surface area contributed by atoms with E-state index in [1.54, 1.807) is 0 Å². The van der Waals surface area contributed by atoms with E-state index < -0.39 is 10.8 Å². The molecule has 1 unspecified atom stereocenters. The quantitative estimate of drug-likeness (QED) is 0.792. The Morgan fingerprint density at radius 2 is 2.27 bits per heavy atom. The summed E-state index contributed by atoms with van der Waals surface area (Å²) in [5.41, 5.74) is 7.29. The third-order valence-electron chi connectivity index (χ3n) is 2.01. The molecule has 1 atom stereocenters. The molecule has 1 heterocycles. The second kappa shape index (κ2) is 5.70. The minimum atomic E-state index is -0.744. The van der Waals surface area contributed by atoms with Gasteiger partial charge in [-0.2, -0.15) is 0 Å². The van der Waals surface area contributed by atoms with Gasteiger partial charge in [-0.3, -0.25) is 4.21 Å². The summed E-state index contributed by atoms with van der Waals surface area (Å²) in [6.07, 6.45) is 0. The highest BCUT2D eigenvalue weighted by molar-refractivity contribution is 7.84. The Kier molecular flexibility index (Phi) is 4.55. The predicted octanol–water partition coefficient (Wildman–Crippen LogP) is 1.15. The average molecular weight is 227 g/mol. The fourth-order valence-corrected chi connectivity index (χ4v) is 1.76. The summed E-state index contributed by atoms with van der Waals surface area (Å²) >= 11 is 0. The van der Waals surface area contributed by atoms with Gasteiger partial charge in [0.15, 0.2) is 0 Å². The van der Waals surface area contributed by atoms with Crippen LogP contribution in [0.25, 0.3) is 0 Å². The summed E-state index contributed by atoms with van der Waals surface area (Å²) < 4.78 is 11.2. The smallest absolute Gasteiger partial charge is 0.149 e. The molecule has 0 amide bonds. The minimum Gasteiger partial charge on any atom is -0.396 e. The van der Waals surface area contributed by atoms with Crippen LogP contribution in [0.2, 0.25) is 0 Å². The molecule has 15 heavy (non-hydrogen) atoms. The summed E-state index contributed by atoms with van der Waals surface area (Å²) in [5, 5.41) is 3.09. The molecule has 0 aliphatic rings. The molecule has 5 heteroatoms. The van der Waals surface area contributed by atoms with Crippen LogP contribution in [0, 0.1) is 6.92 Å². The molecule has 1 aromatic heterocycles. The maximum atomic E-state index is 11.2. The maximum Gasteiger partial charge on any atom is 0.149 e. The number of hydrogen-bond acceptors (Lipinski definition) is 4. The van der Waals surface area contributed by atoms with Gasteiger partial charge in [0.2, 0.25) is 0 Å². The van der Waals surface area contributed by atoms with E-state index in [2.05, 4.69) is 10.3 Å². The molecule has 0 aliphatic heterocycles. The molecular weight excluding hydrogens is 210 g/mol. The molecule has 0 fully saturated rings. The molecule has 0 radical (unpaired) electrons. The first-order valence-corrected chi connectivity index (χ1v) is 6.44. The SMILES string of the molecule is CCS(=O)CCNc1nc(C)ccc1N. The zero-order chi connectivity index (χ0) is 11.3. The number of rotatable bonds is 5. The van der Waals surface area contributed by atoms with Crippen LogP contribution in [0.3, 0.4) is 0 Å². The number of hydrogen-bond donors (Lipinski definition) is 2. The first kappa shape index (κ1) is 12.0. The summed E-state index contributed by atoms with van der Waals surface area (Å²) in [6.45, 7) is 4.46. The molecule has 0 aromatic carbocycles. The van der Waals surface area contributed by atoms with Crippen molar-refractivity contribution in [1.29, 1.82) is 0 Å². The first-order valence-electron chi connectivity index (χ1n) is 4.95. The Labute approximate surface area is 92.7 Å². The van der Waals surface area contributed by atoms with Gasteiger partial charge >= 0.3 is 0 Å². The van der Waals surface area contributed by atoms with E-state index in [0.29, 0.717) is 29.6 Å². The van der Waals surface area contributed by atoms with Crippen molar-refractivity contribution < 1.29 is 4.21 Å². The van der Waals surface area contributed by atoms with Crippen LogP contribution in [-0.4, -0.2) is 27.2 Å². The minimum absolute atomic E-state index is 0.628. The fourth-order valence-electron chi connectivity index (χ4n) is 1.14. The molecular formula is C10H17N3OS. The standard InChI is InChI=1S/C10H17N3OS/c1-3-15(14)7-6-12-10-9(11)5-4-8(2)13-10/h4-5H,3,6-7,11H2,1-2H3,(H,12,13). The van der Waals surface area contributed by atoms with Gasteiger partial charge in [-0.05, 0) is 19.1 Å². The number of aromatic nitrogens is 1. The van der Waals surface area contributed by atoms with Crippen molar-refractivity contribution in [2.45, 2.75) is 13.8 Å². The Balaban J connectivity index is 2.50. The number of pyridine rings is 1. The highest BCUT2D eigenvalue weighted by Gasteiger charge is 2.01. The van der Waals surface area contributed by atoms with Crippen LogP contribution in [0.15, 0.2) is 12.1 Å². The lowest BCUT2D eigenvalue weighted by Crippen LogP contribution is -2.14. The van der Waals surface area contributed by atoms with Crippen LogP contribution in [0.5, 0.6) is 0 Å². The normalized spacial score (nSPS) is 12.4. The van der Waals surface area contributed by atoms with E-state index in [4.69, 9.17) is 5.73 Å². The zero-order valence-electron chi connectivity index (χ0n) is 9.12. The highest BCUT2D eigenvalue weighted by atomic mass is 32.2. The van der Waals surface area contributed by atoms with Crippen molar-refractivity contribution in [3.63, 3.8) is 0 Å². The Morgan fingerprint density at radius 3 is 2.93 bits per heavy atom. The third-order valence-corrected chi connectivity index (χ3v) is 3.31. The van der Waals surface area contributed by atoms with E-state index in [-0.39, 0.29) is 0 Å². The van der Waals surface area contributed by atoms with E-state index in [0.717, 1.165) is 5.69 Å². The van der Waals surface area contributed by atoms with E-state index in [1.807, 2.05) is 26.0 Å². The Bertz CT molecular complexity index is 355. The van der Waals surface area contributed by atoms with Crippen LogP contribution in [0.4, 0.5) is 11.5 Å². The van der Waals surface area contributed by atoms with Gasteiger partial charge in [0, 0.05) is 34.5 Å². The first-order chi connectivity index (χ1) is 7.13. The summed E-state index contributed by atoms with van der Waals surface area (Å²) in [6, 6.07) is 3.69. The molecule has 4 nitrogen and oxygen atoms in total. The van der Waals surface area contributed by atoms with Gasteiger partial charge in [-0.25, -0.2) is 4.98 Å². The van der Waals surface area contributed by atoms with E-state index in [9.17, 15) is 4.21 Å². The molecule has 1 rings (SSSR count). The molecule has 0 aliphatic carbocycles. The van der Waals surface area contributed by atoms with Crippen LogP contribution < -0.4 is 11.1 Å². The van der Waals surface area contributed by atoms with Gasteiger partial charge in [-0.15, -0.1) is 0 Å². The second-order valence-electron chi connectivity index (χ2n) is 3.25. The van der Waals surface area contributed by atoms with Gasteiger partial charge < -0.3 is 11.1 Å². The van der Waals surface area contributed by atoms with Gasteiger partial charge in [0.05, 0.1) is 5.69 Å². The van der Waals surface area contributed by atoms with E-state index >= 15 is 0 Å². The van der Waals surface area contributed by atoms with Gasteiger partial charge in [0.25, 0.3) is 0 Å². The average Bonchev–Trinajstić information content (AvgIpc) is 2.23. The molecule has 0 saturated carbocycles. The van der Waals surface area contributed by atoms with Gasteiger partial charge in [0.1, 0.15) is 5.82 Å². The van der Waals surface area contributed by atoms with Crippen molar-refractivity contribution in [2.75, 3.05) is 29.1 Å². The van der Waals surface area contributed by atoms with Crippen LogP contribution in [0.1, 0.15) is 12.6 Å². The van der Waals surface area contributed by atoms with Crippen LogP contribution in [-0.2, 0) is 10.8 Å². The number of nitrogens with two attached hydrogens (primary N) is 1. The van der Waals surface area contributed by atoms with Crippen molar-refractivity contribution in [1.82, 2.24) is 4.98 Å².